The Bertz CT molecular complexity index is 1440. The molecular formula is C22H18F3N5O3. The first-order valence-electron chi connectivity index (χ1n) is 9.71. The van der Waals surface area contributed by atoms with E-state index in [1.165, 1.54) is 47.0 Å². The van der Waals surface area contributed by atoms with Crippen LogP contribution >= 0.6 is 0 Å². The summed E-state index contributed by atoms with van der Waals surface area (Å²) in [5.41, 5.74) is 0.564. The van der Waals surface area contributed by atoms with Crippen LogP contribution in [-0.4, -0.2) is 38.9 Å². The van der Waals surface area contributed by atoms with Gasteiger partial charge in [0.15, 0.2) is 0 Å². The molecule has 0 aliphatic carbocycles. The number of fused-ring (bicyclic) bond motifs is 1. The molecule has 4 rings (SSSR count). The van der Waals surface area contributed by atoms with Crippen molar-refractivity contribution in [2.45, 2.75) is 6.18 Å². The zero-order valence-electron chi connectivity index (χ0n) is 17.6. The van der Waals surface area contributed by atoms with Gasteiger partial charge in [-0.15, -0.1) is 0 Å². The molecule has 4 aromatic rings. The number of pyridine rings is 2. The molecule has 8 nitrogen and oxygen atoms in total. The Balaban J connectivity index is 1.96. The molecule has 0 unspecified atom stereocenters. The van der Waals surface area contributed by atoms with Crippen molar-refractivity contribution in [2.24, 2.45) is 7.05 Å². The molecule has 33 heavy (non-hydrogen) atoms. The molecule has 1 aromatic carbocycles. The minimum Gasteiger partial charge on any atom is -0.497 e. The molecule has 0 fully saturated rings. The van der Waals surface area contributed by atoms with Gasteiger partial charge in [0, 0.05) is 37.1 Å². The number of anilines is 1. The molecule has 3 aromatic heterocycles. The van der Waals surface area contributed by atoms with Gasteiger partial charge in [0.05, 0.1) is 23.9 Å². The van der Waals surface area contributed by atoms with Crippen LogP contribution < -0.4 is 21.2 Å². The lowest BCUT2D eigenvalue weighted by Gasteiger charge is -2.14. The Hall–Kier alpha value is -4.15. The van der Waals surface area contributed by atoms with Crippen LogP contribution in [0.3, 0.4) is 0 Å². The number of hydrogen-bond donors (Lipinski definition) is 1. The molecule has 0 spiro atoms. The summed E-state index contributed by atoms with van der Waals surface area (Å²) in [5, 5.41) is 2.56. The number of benzene rings is 1. The topological polar surface area (TPSA) is 91.0 Å². The molecule has 0 atom stereocenters. The normalized spacial score (nSPS) is 11.5. The summed E-state index contributed by atoms with van der Waals surface area (Å²) < 4.78 is 45.7. The van der Waals surface area contributed by atoms with Crippen LogP contribution in [0.5, 0.6) is 5.75 Å². The third-order valence-corrected chi connectivity index (χ3v) is 4.93. The van der Waals surface area contributed by atoms with E-state index in [2.05, 4.69) is 15.3 Å². The van der Waals surface area contributed by atoms with Crippen LogP contribution in [-0.2, 0) is 7.05 Å². The molecule has 0 amide bonds. The highest BCUT2D eigenvalue weighted by Gasteiger charge is 2.27. The fourth-order valence-electron chi connectivity index (χ4n) is 3.30. The molecule has 0 aliphatic rings. The Morgan fingerprint density at radius 1 is 1.06 bits per heavy atom. The number of alkyl halides is 3. The van der Waals surface area contributed by atoms with Crippen molar-refractivity contribution < 1.29 is 17.9 Å². The number of methoxy groups -OCH3 is 1. The molecule has 3 heterocycles. The van der Waals surface area contributed by atoms with Gasteiger partial charge < -0.3 is 14.6 Å². The van der Waals surface area contributed by atoms with Crippen LogP contribution in [0.15, 0.2) is 64.6 Å². The van der Waals surface area contributed by atoms with Gasteiger partial charge in [0.2, 0.25) is 11.5 Å². The van der Waals surface area contributed by atoms with E-state index in [1.807, 2.05) is 0 Å². The number of ether oxygens (including phenoxy) is 1. The number of rotatable bonds is 5. The summed E-state index contributed by atoms with van der Waals surface area (Å²) in [6, 6.07) is 9.48. The minimum atomic E-state index is -4.45. The van der Waals surface area contributed by atoms with E-state index in [-0.39, 0.29) is 22.6 Å². The molecular weight excluding hydrogens is 439 g/mol. The van der Waals surface area contributed by atoms with E-state index in [9.17, 15) is 22.8 Å². The highest BCUT2D eigenvalue weighted by molar-refractivity contribution is 5.93. The lowest BCUT2D eigenvalue weighted by atomic mass is 10.0. The summed E-state index contributed by atoms with van der Waals surface area (Å²) in [5.74, 6) is 0.313. The lowest BCUT2D eigenvalue weighted by molar-refractivity contribution is -0.115. The van der Waals surface area contributed by atoms with E-state index < -0.39 is 18.3 Å². The number of nitrogens with one attached hydrogen (secondary N) is 1. The molecule has 0 aliphatic heterocycles. The molecule has 0 saturated heterocycles. The summed E-state index contributed by atoms with van der Waals surface area (Å²) in [4.78, 5) is 33.5. The molecule has 0 saturated carbocycles. The average Bonchev–Trinajstić information content (AvgIpc) is 2.79. The summed E-state index contributed by atoms with van der Waals surface area (Å²) >= 11 is 0. The molecule has 11 heteroatoms. The number of aryl methyl sites for hydroxylation is 1. The summed E-state index contributed by atoms with van der Waals surface area (Å²) in [7, 11) is 3.06. The van der Waals surface area contributed by atoms with E-state index >= 15 is 0 Å². The van der Waals surface area contributed by atoms with Crippen molar-refractivity contribution in [3.63, 3.8) is 0 Å². The van der Waals surface area contributed by atoms with Crippen LogP contribution in [0.4, 0.5) is 19.1 Å². The van der Waals surface area contributed by atoms with Crippen LogP contribution in [0.2, 0.25) is 0 Å². The van der Waals surface area contributed by atoms with Crippen molar-refractivity contribution in [2.75, 3.05) is 19.0 Å². The van der Waals surface area contributed by atoms with Gasteiger partial charge >= 0.3 is 6.18 Å². The van der Waals surface area contributed by atoms with Gasteiger partial charge in [-0.2, -0.15) is 13.2 Å². The van der Waals surface area contributed by atoms with E-state index in [0.29, 0.717) is 22.4 Å². The molecule has 170 valence electrons. The molecule has 0 radical (unpaired) electrons. The highest BCUT2D eigenvalue weighted by Crippen LogP contribution is 2.27. The van der Waals surface area contributed by atoms with Gasteiger partial charge in [-0.1, -0.05) is 12.1 Å². The van der Waals surface area contributed by atoms with Crippen molar-refractivity contribution >= 4 is 16.9 Å². The smallest absolute Gasteiger partial charge is 0.405 e. The zero-order valence-corrected chi connectivity index (χ0v) is 17.6. The predicted molar refractivity (Wildman–Crippen MR) is 117 cm³/mol. The Morgan fingerprint density at radius 3 is 2.42 bits per heavy atom. The van der Waals surface area contributed by atoms with Gasteiger partial charge in [-0.3, -0.25) is 14.2 Å². The lowest BCUT2D eigenvalue weighted by Crippen LogP contribution is -2.24. The van der Waals surface area contributed by atoms with Gasteiger partial charge in [-0.05, 0) is 23.8 Å². The van der Waals surface area contributed by atoms with Crippen molar-refractivity contribution in [1.29, 1.82) is 0 Å². The largest absolute Gasteiger partial charge is 0.497 e. The zero-order chi connectivity index (χ0) is 23.8. The maximum Gasteiger partial charge on any atom is 0.405 e. The number of hydrogen-bond acceptors (Lipinski definition) is 6. The third-order valence-electron chi connectivity index (χ3n) is 4.93. The van der Waals surface area contributed by atoms with Crippen molar-refractivity contribution in [3.8, 4) is 22.6 Å². The van der Waals surface area contributed by atoms with Crippen molar-refractivity contribution in [1.82, 2.24) is 19.1 Å². The van der Waals surface area contributed by atoms with Crippen LogP contribution in [0, 0.1) is 0 Å². The van der Waals surface area contributed by atoms with Gasteiger partial charge in [0.1, 0.15) is 12.3 Å². The first-order chi connectivity index (χ1) is 15.7. The van der Waals surface area contributed by atoms with Crippen molar-refractivity contribution in [3.05, 3.63) is 75.7 Å². The van der Waals surface area contributed by atoms with Gasteiger partial charge in [-0.25, -0.2) is 9.97 Å². The SMILES string of the molecule is COc1ccc(-c2c(=O)n(-c3ccc(=O)n(C)c3)cc3cnc(NCC(F)(F)F)nc23)cc1. The maximum atomic E-state index is 13.5. The first kappa shape index (κ1) is 22.1. The number of nitrogens with zero attached hydrogens (tertiary/aromatic N) is 4. The second-order valence-electron chi connectivity index (χ2n) is 7.21. The average molecular weight is 457 g/mol. The standard InChI is InChI=1S/C22H18F3N5O3/c1-29-11-15(5-8-17(29)31)30-10-14-9-26-21(27-12-22(23,24)25)28-19(14)18(20(30)32)13-3-6-16(33-2)7-4-13/h3-11H,12H2,1-2H3,(H,27,28). The second-order valence-corrected chi connectivity index (χ2v) is 7.21. The van der Waals surface area contributed by atoms with E-state index in [4.69, 9.17) is 4.74 Å². The van der Waals surface area contributed by atoms with Crippen LogP contribution in [0.1, 0.15) is 0 Å². The Morgan fingerprint density at radius 2 is 1.79 bits per heavy atom. The minimum absolute atomic E-state index is 0.168. The first-order valence-corrected chi connectivity index (χ1v) is 9.71. The number of halogens is 3. The fourth-order valence-corrected chi connectivity index (χ4v) is 3.30. The third kappa shape index (κ3) is 4.56. The summed E-state index contributed by atoms with van der Waals surface area (Å²) in [6.45, 7) is -1.31. The maximum absolute atomic E-state index is 13.5. The van der Waals surface area contributed by atoms with Gasteiger partial charge in [0.25, 0.3) is 5.56 Å². The van der Waals surface area contributed by atoms with Crippen LogP contribution in [0.25, 0.3) is 27.7 Å². The summed E-state index contributed by atoms with van der Waals surface area (Å²) in [6.07, 6.45) is -0.124. The fraction of sp³-hybridized carbons (Fsp3) is 0.182. The quantitative estimate of drug-likeness (QED) is 0.495. The number of aromatic nitrogens is 4. The highest BCUT2D eigenvalue weighted by atomic mass is 19.4. The Kier molecular flexibility index (Phi) is 5.62. The monoisotopic (exact) mass is 457 g/mol. The molecule has 1 N–H and O–H groups in total. The Labute approximate surface area is 184 Å². The van der Waals surface area contributed by atoms with E-state index in [1.54, 1.807) is 31.3 Å². The second kappa shape index (κ2) is 8.41. The predicted octanol–water partition coefficient (Wildman–Crippen LogP) is 3.13. The molecule has 0 bridgehead atoms. The van der Waals surface area contributed by atoms with E-state index in [0.717, 1.165) is 0 Å².